The number of aryl methyl sites for hydroxylation is 1. The van der Waals surface area contributed by atoms with E-state index in [-0.39, 0.29) is 12.1 Å². The molecule has 1 aliphatic carbocycles. The van der Waals surface area contributed by atoms with Crippen molar-refractivity contribution < 1.29 is 9.32 Å². The van der Waals surface area contributed by atoms with Gasteiger partial charge in [-0.1, -0.05) is 31.8 Å². The molecular formula is C13H21N3O2. The van der Waals surface area contributed by atoms with E-state index in [2.05, 4.69) is 29.6 Å². The van der Waals surface area contributed by atoms with Gasteiger partial charge in [-0.2, -0.15) is 0 Å². The molecule has 1 saturated carbocycles. The molecule has 0 spiro atoms. The molecule has 1 aliphatic rings. The fourth-order valence-electron chi connectivity index (χ4n) is 2.53. The third-order valence-corrected chi connectivity index (χ3v) is 3.89. The van der Waals surface area contributed by atoms with Gasteiger partial charge in [-0.15, -0.1) is 0 Å². The summed E-state index contributed by atoms with van der Waals surface area (Å²) in [5.41, 5.74) is 0. The van der Waals surface area contributed by atoms with Crippen LogP contribution in [0, 0.1) is 18.8 Å². The number of carbonyl (C=O) groups is 1. The predicted octanol–water partition coefficient (Wildman–Crippen LogP) is 2.93. The van der Waals surface area contributed by atoms with Gasteiger partial charge in [-0.05, 0) is 25.2 Å². The van der Waals surface area contributed by atoms with Crippen molar-refractivity contribution in [3.63, 3.8) is 0 Å². The Labute approximate surface area is 107 Å². The third-order valence-electron chi connectivity index (χ3n) is 3.89. The van der Waals surface area contributed by atoms with E-state index in [1.54, 1.807) is 13.0 Å². The molecule has 1 aromatic heterocycles. The molecule has 100 valence electrons. The third kappa shape index (κ3) is 3.03. The van der Waals surface area contributed by atoms with Crippen molar-refractivity contribution in [2.24, 2.45) is 11.8 Å². The molecule has 1 fully saturated rings. The first-order valence-corrected chi connectivity index (χ1v) is 6.57. The van der Waals surface area contributed by atoms with E-state index in [1.807, 2.05) is 0 Å². The number of hydrogen-bond acceptors (Lipinski definition) is 3. The van der Waals surface area contributed by atoms with Crippen LogP contribution < -0.4 is 10.6 Å². The van der Waals surface area contributed by atoms with Crippen molar-refractivity contribution >= 4 is 11.8 Å². The second-order valence-electron chi connectivity index (χ2n) is 5.30. The van der Waals surface area contributed by atoms with Crippen molar-refractivity contribution in [2.45, 2.75) is 46.1 Å². The van der Waals surface area contributed by atoms with Gasteiger partial charge in [-0.3, -0.25) is 5.32 Å². The lowest BCUT2D eigenvalue weighted by molar-refractivity contribution is 0.201. The highest BCUT2D eigenvalue weighted by molar-refractivity contribution is 5.88. The van der Waals surface area contributed by atoms with E-state index in [0.717, 1.165) is 6.42 Å². The second-order valence-corrected chi connectivity index (χ2v) is 5.30. The van der Waals surface area contributed by atoms with Crippen molar-refractivity contribution in [1.82, 2.24) is 10.5 Å². The maximum atomic E-state index is 11.8. The van der Waals surface area contributed by atoms with Crippen LogP contribution in [0.4, 0.5) is 10.6 Å². The number of anilines is 1. The highest BCUT2D eigenvalue weighted by Gasteiger charge is 2.28. The summed E-state index contributed by atoms with van der Waals surface area (Å²) in [6.45, 7) is 6.24. The molecule has 2 N–H and O–H groups in total. The first-order valence-electron chi connectivity index (χ1n) is 6.57. The number of rotatable bonds is 2. The van der Waals surface area contributed by atoms with Crippen LogP contribution in [0.25, 0.3) is 0 Å². The van der Waals surface area contributed by atoms with Crippen LogP contribution in [0.5, 0.6) is 0 Å². The van der Waals surface area contributed by atoms with Gasteiger partial charge in [0, 0.05) is 12.1 Å². The Hall–Kier alpha value is -1.52. The first-order chi connectivity index (χ1) is 8.56. The molecule has 0 aliphatic heterocycles. The van der Waals surface area contributed by atoms with E-state index in [0.29, 0.717) is 23.4 Å². The minimum atomic E-state index is -0.200. The Morgan fingerprint density at radius 3 is 2.89 bits per heavy atom. The lowest BCUT2D eigenvalue weighted by Gasteiger charge is -2.34. The normalized spacial score (nSPS) is 27.8. The van der Waals surface area contributed by atoms with E-state index in [1.165, 1.54) is 12.8 Å². The monoisotopic (exact) mass is 251 g/mol. The van der Waals surface area contributed by atoms with Crippen LogP contribution in [0.1, 0.15) is 38.9 Å². The van der Waals surface area contributed by atoms with Gasteiger partial charge in [0.25, 0.3) is 0 Å². The summed E-state index contributed by atoms with van der Waals surface area (Å²) >= 11 is 0. The molecule has 0 bridgehead atoms. The van der Waals surface area contributed by atoms with E-state index >= 15 is 0 Å². The van der Waals surface area contributed by atoms with Crippen LogP contribution in [0.2, 0.25) is 0 Å². The minimum Gasteiger partial charge on any atom is -0.360 e. The summed E-state index contributed by atoms with van der Waals surface area (Å²) in [5.74, 6) is 2.33. The zero-order chi connectivity index (χ0) is 13.1. The standard InChI is InChI=1S/C13H21N3O2/c1-8-5-4-6-11(10(8)3)14-13(17)15-12-7-9(2)18-16-12/h7-8,10-11H,4-6H2,1-3H3,(H2,14,15,16,17)/t8-,10-,11-/m0/s1. The maximum Gasteiger partial charge on any atom is 0.320 e. The van der Waals surface area contributed by atoms with Gasteiger partial charge in [0.05, 0.1) is 0 Å². The van der Waals surface area contributed by atoms with Crippen molar-refractivity contribution in [3.8, 4) is 0 Å². The van der Waals surface area contributed by atoms with Crippen molar-refractivity contribution in [1.29, 1.82) is 0 Å². The number of hydrogen-bond donors (Lipinski definition) is 2. The molecule has 0 saturated heterocycles. The van der Waals surface area contributed by atoms with Crippen LogP contribution in [-0.4, -0.2) is 17.2 Å². The number of amides is 2. The molecule has 2 amide bonds. The molecule has 0 unspecified atom stereocenters. The molecule has 0 aromatic carbocycles. The zero-order valence-electron chi connectivity index (χ0n) is 11.2. The van der Waals surface area contributed by atoms with Gasteiger partial charge in [0.2, 0.25) is 0 Å². The average Bonchev–Trinajstić information content (AvgIpc) is 2.70. The molecule has 2 rings (SSSR count). The SMILES string of the molecule is Cc1cc(NC(=O)N[C@H]2CCC[C@H](C)[C@@H]2C)no1. The molecular weight excluding hydrogens is 230 g/mol. The van der Waals surface area contributed by atoms with Gasteiger partial charge in [-0.25, -0.2) is 4.79 Å². The topological polar surface area (TPSA) is 67.2 Å². The van der Waals surface area contributed by atoms with Crippen molar-refractivity contribution in [2.75, 3.05) is 5.32 Å². The Morgan fingerprint density at radius 1 is 1.44 bits per heavy atom. The molecule has 1 aromatic rings. The summed E-state index contributed by atoms with van der Waals surface area (Å²) in [4.78, 5) is 11.8. The summed E-state index contributed by atoms with van der Waals surface area (Å²) in [7, 11) is 0. The predicted molar refractivity (Wildman–Crippen MR) is 69.4 cm³/mol. The fraction of sp³-hybridized carbons (Fsp3) is 0.692. The number of urea groups is 1. The molecule has 3 atom stereocenters. The molecule has 5 heteroatoms. The quantitative estimate of drug-likeness (QED) is 0.849. The largest absolute Gasteiger partial charge is 0.360 e. The molecule has 5 nitrogen and oxygen atoms in total. The number of aromatic nitrogens is 1. The van der Waals surface area contributed by atoms with Crippen LogP contribution in [-0.2, 0) is 0 Å². The van der Waals surface area contributed by atoms with Gasteiger partial charge in [0.15, 0.2) is 5.82 Å². The second kappa shape index (κ2) is 5.42. The summed E-state index contributed by atoms with van der Waals surface area (Å²) < 4.78 is 4.90. The summed E-state index contributed by atoms with van der Waals surface area (Å²) in [6, 6.07) is 1.75. The van der Waals surface area contributed by atoms with Gasteiger partial charge in [0.1, 0.15) is 5.76 Å². The zero-order valence-corrected chi connectivity index (χ0v) is 11.2. The summed E-state index contributed by atoms with van der Waals surface area (Å²) in [5, 5.41) is 9.45. The minimum absolute atomic E-state index is 0.200. The fourth-order valence-corrected chi connectivity index (χ4v) is 2.53. The first kappa shape index (κ1) is 12.9. The Morgan fingerprint density at radius 2 is 2.22 bits per heavy atom. The average molecular weight is 251 g/mol. The highest BCUT2D eigenvalue weighted by Crippen LogP contribution is 2.29. The van der Waals surface area contributed by atoms with E-state index in [4.69, 9.17) is 4.52 Å². The highest BCUT2D eigenvalue weighted by atomic mass is 16.5. The van der Waals surface area contributed by atoms with Crippen LogP contribution >= 0.6 is 0 Å². The number of carbonyl (C=O) groups excluding carboxylic acids is 1. The van der Waals surface area contributed by atoms with E-state index in [9.17, 15) is 4.79 Å². The molecule has 18 heavy (non-hydrogen) atoms. The summed E-state index contributed by atoms with van der Waals surface area (Å²) in [6.07, 6.45) is 3.49. The number of nitrogens with one attached hydrogen (secondary N) is 2. The number of nitrogens with zero attached hydrogens (tertiary/aromatic N) is 1. The smallest absolute Gasteiger partial charge is 0.320 e. The Bertz CT molecular complexity index is 416. The lowest BCUT2D eigenvalue weighted by Crippen LogP contribution is -2.45. The van der Waals surface area contributed by atoms with Gasteiger partial charge < -0.3 is 9.84 Å². The lowest BCUT2D eigenvalue weighted by atomic mass is 9.78. The molecule has 1 heterocycles. The molecule has 0 radical (unpaired) electrons. The Kier molecular flexibility index (Phi) is 3.89. The van der Waals surface area contributed by atoms with E-state index < -0.39 is 0 Å². The maximum absolute atomic E-state index is 11.8. The Balaban J connectivity index is 1.87. The van der Waals surface area contributed by atoms with Crippen LogP contribution in [0.3, 0.4) is 0 Å². The van der Waals surface area contributed by atoms with Crippen LogP contribution in [0.15, 0.2) is 10.6 Å². The van der Waals surface area contributed by atoms with Crippen molar-refractivity contribution in [3.05, 3.63) is 11.8 Å². The van der Waals surface area contributed by atoms with Gasteiger partial charge >= 0.3 is 6.03 Å².